The van der Waals surface area contributed by atoms with Crippen molar-refractivity contribution in [2.24, 2.45) is 0 Å². The quantitative estimate of drug-likeness (QED) is 0.913. The molecule has 0 saturated carbocycles. The Balaban J connectivity index is 1.86. The highest BCUT2D eigenvalue weighted by molar-refractivity contribution is 6.32. The molecule has 110 valence electrons. The number of nitrogens with one attached hydrogen (secondary N) is 1. The number of piperazine rings is 3. The van der Waals surface area contributed by atoms with Gasteiger partial charge in [0.25, 0.3) is 0 Å². The van der Waals surface area contributed by atoms with E-state index in [9.17, 15) is 0 Å². The minimum Gasteiger partial charge on any atom is -0.495 e. The van der Waals surface area contributed by atoms with Gasteiger partial charge in [0.2, 0.25) is 0 Å². The van der Waals surface area contributed by atoms with Gasteiger partial charge in [-0.05, 0) is 24.7 Å². The summed E-state index contributed by atoms with van der Waals surface area (Å²) in [6.07, 6.45) is 0. The molecule has 4 rings (SSSR count). The van der Waals surface area contributed by atoms with Crippen molar-refractivity contribution in [2.45, 2.75) is 12.1 Å². The van der Waals surface area contributed by atoms with Crippen molar-refractivity contribution in [1.82, 2.24) is 15.1 Å². The van der Waals surface area contributed by atoms with Crippen LogP contribution < -0.4 is 10.1 Å². The molecule has 3 heterocycles. The van der Waals surface area contributed by atoms with Gasteiger partial charge in [-0.3, -0.25) is 9.80 Å². The first-order valence-corrected chi connectivity index (χ1v) is 7.58. The standard InChI is InChI=1S/C15H22ClN3O/c1-17-15(11-3-4-12(16)14(9-11)20-2)13-10-18-5-7-19(13)8-6-18/h3-4,9,13,15,17H,5-8,10H2,1-2H3. The van der Waals surface area contributed by atoms with Gasteiger partial charge in [-0.25, -0.2) is 0 Å². The third kappa shape index (κ3) is 2.53. The van der Waals surface area contributed by atoms with Crippen LogP contribution in [-0.2, 0) is 0 Å². The molecule has 20 heavy (non-hydrogen) atoms. The Morgan fingerprint density at radius 3 is 2.60 bits per heavy atom. The maximum absolute atomic E-state index is 6.13. The maximum Gasteiger partial charge on any atom is 0.137 e. The summed E-state index contributed by atoms with van der Waals surface area (Å²) in [5.74, 6) is 0.751. The van der Waals surface area contributed by atoms with Crippen molar-refractivity contribution < 1.29 is 4.74 Å². The van der Waals surface area contributed by atoms with Gasteiger partial charge in [-0.1, -0.05) is 17.7 Å². The van der Waals surface area contributed by atoms with Crippen LogP contribution in [0, 0.1) is 0 Å². The van der Waals surface area contributed by atoms with Crippen LogP contribution in [0.25, 0.3) is 0 Å². The van der Waals surface area contributed by atoms with E-state index >= 15 is 0 Å². The summed E-state index contributed by atoms with van der Waals surface area (Å²) in [4.78, 5) is 5.16. The molecule has 3 saturated heterocycles. The molecule has 2 unspecified atom stereocenters. The van der Waals surface area contributed by atoms with Crippen LogP contribution in [0.2, 0.25) is 5.02 Å². The average molecular weight is 296 g/mol. The van der Waals surface area contributed by atoms with E-state index < -0.39 is 0 Å². The fourth-order valence-electron chi connectivity index (χ4n) is 3.42. The largest absolute Gasteiger partial charge is 0.495 e. The van der Waals surface area contributed by atoms with Crippen molar-refractivity contribution >= 4 is 11.6 Å². The zero-order valence-electron chi connectivity index (χ0n) is 12.1. The predicted molar refractivity (Wildman–Crippen MR) is 81.6 cm³/mol. The van der Waals surface area contributed by atoms with Crippen molar-refractivity contribution in [2.75, 3.05) is 46.9 Å². The number of methoxy groups -OCH3 is 1. The molecule has 0 aromatic heterocycles. The summed E-state index contributed by atoms with van der Waals surface area (Å²) in [6, 6.07) is 6.92. The van der Waals surface area contributed by atoms with Crippen LogP contribution in [0.3, 0.4) is 0 Å². The van der Waals surface area contributed by atoms with Crippen LogP contribution >= 0.6 is 11.6 Å². The van der Waals surface area contributed by atoms with Gasteiger partial charge in [0.1, 0.15) is 5.75 Å². The molecule has 2 atom stereocenters. The topological polar surface area (TPSA) is 27.7 Å². The second-order valence-electron chi connectivity index (χ2n) is 5.56. The summed E-state index contributed by atoms with van der Waals surface area (Å²) >= 11 is 6.13. The van der Waals surface area contributed by atoms with E-state index in [4.69, 9.17) is 16.3 Å². The Hall–Kier alpha value is -0.810. The minimum atomic E-state index is 0.310. The van der Waals surface area contributed by atoms with E-state index in [0.29, 0.717) is 17.1 Å². The third-order valence-corrected chi connectivity index (χ3v) is 4.86. The van der Waals surface area contributed by atoms with Crippen LogP contribution in [0.4, 0.5) is 0 Å². The highest BCUT2D eigenvalue weighted by atomic mass is 35.5. The highest BCUT2D eigenvalue weighted by Crippen LogP contribution is 2.32. The van der Waals surface area contributed by atoms with Crippen molar-refractivity contribution in [1.29, 1.82) is 0 Å². The molecule has 0 aliphatic carbocycles. The van der Waals surface area contributed by atoms with Crippen molar-refractivity contribution in [3.63, 3.8) is 0 Å². The number of likely N-dealkylation sites (N-methyl/N-ethyl adjacent to an activating group) is 1. The molecule has 1 aromatic carbocycles. The molecule has 3 aliphatic rings. The van der Waals surface area contributed by atoms with E-state index in [0.717, 1.165) is 12.3 Å². The summed E-state index contributed by atoms with van der Waals surface area (Å²) in [5.41, 5.74) is 1.24. The summed E-state index contributed by atoms with van der Waals surface area (Å²) in [7, 11) is 3.70. The number of halogens is 1. The maximum atomic E-state index is 6.13. The number of nitrogens with zero attached hydrogens (tertiary/aromatic N) is 2. The molecule has 5 heteroatoms. The normalized spacial score (nSPS) is 30.2. The first kappa shape index (κ1) is 14.1. The fraction of sp³-hybridized carbons (Fsp3) is 0.600. The van der Waals surface area contributed by atoms with E-state index in [2.05, 4.69) is 27.2 Å². The number of rotatable bonds is 4. The van der Waals surface area contributed by atoms with Gasteiger partial charge in [0.05, 0.1) is 12.1 Å². The Bertz CT molecular complexity index is 474. The lowest BCUT2D eigenvalue weighted by molar-refractivity contribution is -0.00256. The molecule has 1 N–H and O–H groups in total. The van der Waals surface area contributed by atoms with Crippen LogP contribution in [0.15, 0.2) is 18.2 Å². The molecular weight excluding hydrogens is 274 g/mol. The Morgan fingerprint density at radius 1 is 1.30 bits per heavy atom. The van der Waals surface area contributed by atoms with Crippen LogP contribution in [0.1, 0.15) is 11.6 Å². The number of ether oxygens (including phenoxy) is 1. The van der Waals surface area contributed by atoms with Crippen molar-refractivity contribution in [3.05, 3.63) is 28.8 Å². The lowest BCUT2D eigenvalue weighted by atomic mass is 9.94. The summed E-state index contributed by atoms with van der Waals surface area (Å²) < 4.78 is 5.35. The highest BCUT2D eigenvalue weighted by Gasteiger charge is 2.36. The van der Waals surface area contributed by atoms with Crippen molar-refractivity contribution in [3.8, 4) is 5.75 Å². The Morgan fingerprint density at radius 2 is 2.05 bits per heavy atom. The lowest BCUT2D eigenvalue weighted by Crippen LogP contribution is -2.63. The molecular formula is C15H22ClN3O. The van der Waals surface area contributed by atoms with E-state index in [1.807, 2.05) is 13.1 Å². The number of hydrogen-bond acceptors (Lipinski definition) is 4. The van der Waals surface area contributed by atoms with E-state index in [-0.39, 0.29) is 0 Å². The SMILES string of the molecule is CNC(c1ccc(Cl)c(OC)c1)C1CN2CCN1CC2. The van der Waals surface area contributed by atoms with Gasteiger partial charge < -0.3 is 10.1 Å². The molecule has 4 nitrogen and oxygen atoms in total. The second-order valence-corrected chi connectivity index (χ2v) is 5.97. The molecule has 3 aliphatic heterocycles. The molecule has 0 spiro atoms. The zero-order chi connectivity index (χ0) is 14.1. The van der Waals surface area contributed by atoms with E-state index in [1.165, 1.54) is 31.7 Å². The minimum absolute atomic E-state index is 0.310. The first-order chi connectivity index (χ1) is 9.72. The lowest BCUT2D eigenvalue weighted by Gasteiger charge is -2.50. The van der Waals surface area contributed by atoms with Crippen LogP contribution in [-0.4, -0.2) is 62.7 Å². The number of fused-ring (bicyclic) bond motifs is 3. The predicted octanol–water partition coefficient (Wildman–Crippen LogP) is 1.61. The molecule has 0 radical (unpaired) electrons. The van der Waals surface area contributed by atoms with Crippen LogP contribution in [0.5, 0.6) is 5.75 Å². The van der Waals surface area contributed by atoms with Gasteiger partial charge in [-0.15, -0.1) is 0 Å². The molecule has 3 fully saturated rings. The Kier molecular flexibility index (Phi) is 4.17. The van der Waals surface area contributed by atoms with Gasteiger partial charge >= 0.3 is 0 Å². The summed E-state index contributed by atoms with van der Waals surface area (Å²) in [5, 5.41) is 4.14. The zero-order valence-corrected chi connectivity index (χ0v) is 12.9. The Labute approximate surface area is 125 Å². The molecule has 2 bridgehead atoms. The average Bonchev–Trinajstić information content (AvgIpc) is 2.51. The van der Waals surface area contributed by atoms with E-state index in [1.54, 1.807) is 7.11 Å². The smallest absolute Gasteiger partial charge is 0.137 e. The molecule has 0 amide bonds. The van der Waals surface area contributed by atoms with Gasteiger partial charge in [0, 0.05) is 44.8 Å². The van der Waals surface area contributed by atoms with Gasteiger partial charge in [-0.2, -0.15) is 0 Å². The summed E-state index contributed by atoms with van der Waals surface area (Å²) in [6.45, 7) is 5.89. The first-order valence-electron chi connectivity index (χ1n) is 7.20. The second kappa shape index (κ2) is 5.90. The number of benzene rings is 1. The molecule has 1 aromatic rings. The van der Waals surface area contributed by atoms with Gasteiger partial charge in [0.15, 0.2) is 0 Å². The fourth-order valence-corrected chi connectivity index (χ4v) is 3.62. The third-order valence-electron chi connectivity index (χ3n) is 4.55. The monoisotopic (exact) mass is 295 g/mol. The number of hydrogen-bond donors (Lipinski definition) is 1.